The van der Waals surface area contributed by atoms with Crippen LogP contribution in [-0.2, 0) is 17.8 Å². The molecular formula is C14H14BrNOS. The second-order valence-corrected chi connectivity index (χ2v) is 5.99. The van der Waals surface area contributed by atoms with Gasteiger partial charge in [-0.05, 0) is 39.9 Å². The number of aryl methyl sites for hydroxylation is 1. The molecule has 2 aromatic rings. The van der Waals surface area contributed by atoms with E-state index in [-0.39, 0.29) is 5.91 Å². The van der Waals surface area contributed by atoms with Crippen molar-refractivity contribution in [2.45, 2.75) is 19.9 Å². The van der Waals surface area contributed by atoms with Crippen LogP contribution in [0.1, 0.15) is 16.0 Å². The van der Waals surface area contributed by atoms with E-state index in [4.69, 9.17) is 0 Å². The fourth-order valence-electron chi connectivity index (χ4n) is 1.58. The van der Waals surface area contributed by atoms with Crippen molar-refractivity contribution in [1.29, 1.82) is 0 Å². The van der Waals surface area contributed by atoms with Crippen LogP contribution in [0.5, 0.6) is 0 Å². The van der Waals surface area contributed by atoms with E-state index in [9.17, 15) is 4.79 Å². The van der Waals surface area contributed by atoms with Gasteiger partial charge in [0, 0.05) is 9.35 Å². The Bertz CT molecular complexity index is 533. The second-order valence-electron chi connectivity index (χ2n) is 4.13. The zero-order chi connectivity index (χ0) is 13.0. The number of carbonyl (C=O) groups is 1. The zero-order valence-electron chi connectivity index (χ0n) is 10.1. The lowest BCUT2D eigenvalue weighted by molar-refractivity contribution is -0.120. The molecule has 1 N–H and O–H groups in total. The van der Waals surface area contributed by atoms with E-state index in [0.29, 0.717) is 13.0 Å². The number of rotatable bonds is 4. The van der Waals surface area contributed by atoms with Gasteiger partial charge in [-0.1, -0.05) is 29.8 Å². The first-order valence-corrected chi connectivity index (χ1v) is 7.36. The molecular weight excluding hydrogens is 310 g/mol. The van der Waals surface area contributed by atoms with Gasteiger partial charge in [-0.2, -0.15) is 0 Å². The fraction of sp³-hybridized carbons (Fsp3) is 0.214. The third-order valence-corrected chi connectivity index (χ3v) is 4.55. The molecule has 1 aromatic heterocycles. The van der Waals surface area contributed by atoms with Crippen molar-refractivity contribution in [1.82, 2.24) is 5.32 Å². The highest BCUT2D eigenvalue weighted by atomic mass is 79.9. The molecule has 0 aliphatic heterocycles. The van der Waals surface area contributed by atoms with Gasteiger partial charge in [0.25, 0.3) is 0 Å². The molecule has 0 radical (unpaired) electrons. The number of hydrogen-bond donors (Lipinski definition) is 1. The minimum atomic E-state index is 0.0548. The predicted octanol–water partition coefficient (Wildman–Crippen LogP) is 3.68. The third-order valence-electron chi connectivity index (χ3n) is 2.62. The van der Waals surface area contributed by atoms with E-state index in [1.807, 2.05) is 42.6 Å². The van der Waals surface area contributed by atoms with Crippen molar-refractivity contribution in [2.75, 3.05) is 0 Å². The molecule has 1 aromatic carbocycles. The molecule has 2 nitrogen and oxygen atoms in total. The van der Waals surface area contributed by atoms with E-state index >= 15 is 0 Å². The lowest BCUT2D eigenvalue weighted by atomic mass is 10.1. The van der Waals surface area contributed by atoms with E-state index in [2.05, 4.69) is 21.2 Å². The number of amides is 1. The average Bonchev–Trinajstić information content (AvgIpc) is 2.75. The molecule has 2 rings (SSSR count). The standard InChI is InChI=1S/C14H14BrNOS/c1-10-2-4-11(5-3-10)8-14(17)16-9-13-12(15)6-7-18-13/h2-7H,8-9H2,1H3,(H,16,17). The normalized spacial score (nSPS) is 10.3. The Morgan fingerprint density at radius 2 is 2.00 bits per heavy atom. The van der Waals surface area contributed by atoms with Crippen LogP contribution in [0.3, 0.4) is 0 Å². The van der Waals surface area contributed by atoms with Crippen LogP contribution in [0.4, 0.5) is 0 Å². The van der Waals surface area contributed by atoms with Crippen LogP contribution in [0.25, 0.3) is 0 Å². The molecule has 0 aliphatic rings. The van der Waals surface area contributed by atoms with Gasteiger partial charge in [-0.3, -0.25) is 4.79 Å². The summed E-state index contributed by atoms with van der Waals surface area (Å²) in [7, 11) is 0. The molecule has 0 unspecified atom stereocenters. The molecule has 0 aliphatic carbocycles. The lowest BCUT2D eigenvalue weighted by Gasteiger charge is -2.05. The van der Waals surface area contributed by atoms with Crippen molar-refractivity contribution in [3.05, 3.63) is 56.2 Å². The highest BCUT2D eigenvalue weighted by Crippen LogP contribution is 2.22. The van der Waals surface area contributed by atoms with E-state index < -0.39 is 0 Å². The fourth-order valence-corrected chi connectivity index (χ4v) is 3.02. The summed E-state index contributed by atoms with van der Waals surface area (Å²) in [5, 5.41) is 4.94. The van der Waals surface area contributed by atoms with Gasteiger partial charge < -0.3 is 5.32 Å². The summed E-state index contributed by atoms with van der Waals surface area (Å²) in [5.74, 6) is 0.0548. The molecule has 0 saturated carbocycles. The third kappa shape index (κ3) is 3.68. The van der Waals surface area contributed by atoms with Gasteiger partial charge in [0.2, 0.25) is 5.91 Å². The van der Waals surface area contributed by atoms with Crippen LogP contribution in [0.15, 0.2) is 40.2 Å². The molecule has 0 atom stereocenters. The lowest BCUT2D eigenvalue weighted by Crippen LogP contribution is -2.24. The van der Waals surface area contributed by atoms with Crippen LogP contribution in [0, 0.1) is 6.92 Å². The number of carbonyl (C=O) groups excluding carboxylic acids is 1. The molecule has 4 heteroatoms. The first kappa shape index (κ1) is 13.3. The van der Waals surface area contributed by atoms with Crippen LogP contribution in [0.2, 0.25) is 0 Å². The van der Waals surface area contributed by atoms with Gasteiger partial charge in [0.1, 0.15) is 0 Å². The summed E-state index contributed by atoms with van der Waals surface area (Å²) < 4.78 is 1.06. The van der Waals surface area contributed by atoms with Crippen LogP contribution in [-0.4, -0.2) is 5.91 Å². The summed E-state index contributed by atoms with van der Waals surface area (Å²) >= 11 is 5.09. The molecule has 0 saturated heterocycles. The Kier molecular flexibility index (Phi) is 4.55. The number of thiophene rings is 1. The van der Waals surface area contributed by atoms with Gasteiger partial charge in [0.05, 0.1) is 13.0 Å². The maximum Gasteiger partial charge on any atom is 0.224 e. The van der Waals surface area contributed by atoms with E-state index in [0.717, 1.165) is 14.9 Å². The zero-order valence-corrected chi connectivity index (χ0v) is 12.5. The Morgan fingerprint density at radius 1 is 1.28 bits per heavy atom. The minimum Gasteiger partial charge on any atom is -0.351 e. The smallest absolute Gasteiger partial charge is 0.224 e. The van der Waals surface area contributed by atoms with Gasteiger partial charge >= 0.3 is 0 Å². The van der Waals surface area contributed by atoms with Crippen molar-refractivity contribution in [2.24, 2.45) is 0 Å². The van der Waals surface area contributed by atoms with Crippen LogP contribution < -0.4 is 5.32 Å². The SMILES string of the molecule is Cc1ccc(CC(=O)NCc2sccc2Br)cc1. The molecule has 1 heterocycles. The molecule has 18 heavy (non-hydrogen) atoms. The summed E-state index contributed by atoms with van der Waals surface area (Å²) in [4.78, 5) is 12.9. The van der Waals surface area contributed by atoms with Crippen LogP contribution >= 0.6 is 27.3 Å². The highest BCUT2D eigenvalue weighted by Gasteiger charge is 2.05. The van der Waals surface area contributed by atoms with Crippen molar-refractivity contribution in [3.8, 4) is 0 Å². The molecule has 0 spiro atoms. The number of hydrogen-bond acceptors (Lipinski definition) is 2. The van der Waals surface area contributed by atoms with Crippen molar-refractivity contribution in [3.63, 3.8) is 0 Å². The number of halogens is 1. The van der Waals surface area contributed by atoms with E-state index in [1.54, 1.807) is 11.3 Å². The summed E-state index contributed by atoms with van der Waals surface area (Å²) in [6, 6.07) is 10.0. The highest BCUT2D eigenvalue weighted by molar-refractivity contribution is 9.10. The monoisotopic (exact) mass is 323 g/mol. The molecule has 94 valence electrons. The average molecular weight is 324 g/mol. The number of benzene rings is 1. The maximum atomic E-state index is 11.8. The number of nitrogens with one attached hydrogen (secondary N) is 1. The second kappa shape index (κ2) is 6.16. The maximum absolute atomic E-state index is 11.8. The molecule has 0 bridgehead atoms. The first-order chi connectivity index (χ1) is 8.65. The summed E-state index contributed by atoms with van der Waals surface area (Å²) in [6.45, 7) is 2.63. The van der Waals surface area contributed by atoms with E-state index in [1.165, 1.54) is 5.56 Å². The summed E-state index contributed by atoms with van der Waals surface area (Å²) in [5.41, 5.74) is 2.25. The Labute approximate surface area is 119 Å². The van der Waals surface area contributed by atoms with Gasteiger partial charge in [0.15, 0.2) is 0 Å². The molecule has 0 fully saturated rings. The predicted molar refractivity (Wildman–Crippen MR) is 78.7 cm³/mol. The van der Waals surface area contributed by atoms with Crippen molar-refractivity contribution < 1.29 is 4.79 Å². The van der Waals surface area contributed by atoms with Crippen molar-refractivity contribution >= 4 is 33.2 Å². The Hall–Kier alpha value is -1.13. The molecule has 1 amide bonds. The van der Waals surface area contributed by atoms with Gasteiger partial charge in [-0.25, -0.2) is 0 Å². The van der Waals surface area contributed by atoms with Gasteiger partial charge in [-0.15, -0.1) is 11.3 Å². The topological polar surface area (TPSA) is 29.1 Å². The largest absolute Gasteiger partial charge is 0.351 e. The Morgan fingerprint density at radius 3 is 2.61 bits per heavy atom. The summed E-state index contributed by atoms with van der Waals surface area (Å²) in [6.07, 6.45) is 0.434. The minimum absolute atomic E-state index is 0.0548. The Balaban J connectivity index is 1.86. The quantitative estimate of drug-likeness (QED) is 0.913. The first-order valence-electron chi connectivity index (χ1n) is 5.69.